The van der Waals surface area contributed by atoms with Crippen LogP contribution in [0.1, 0.15) is 37.0 Å². The second-order valence-electron chi connectivity index (χ2n) is 5.39. The highest BCUT2D eigenvalue weighted by Gasteiger charge is 2.31. The van der Waals surface area contributed by atoms with Crippen molar-refractivity contribution >= 4 is 23.2 Å². The van der Waals surface area contributed by atoms with Crippen LogP contribution in [0.25, 0.3) is 0 Å². The molecule has 6 heteroatoms. The molecule has 108 valence electrons. The van der Waals surface area contributed by atoms with Crippen molar-refractivity contribution in [1.29, 1.82) is 0 Å². The third-order valence-corrected chi connectivity index (χ3v) is 4.60. The quantitative estimate of drug-likeness (QED) is 0.686. The van der Waals surface area contributed by atoms with Crippen LogP contribution in [0.2, 0.25) is 5.02 Å². The second kappa shape index (κ2) is 5.79. The fraction of sp³-hybridized carbons (Fsp3) is 0.500. The third kappa shape index (κ3) is 2.77. The first kappa shape index (κ1) is 14.8. The number of halogens is 1. The SMILES string of the molecule is CC1CCC(NC(=O)c2cccc([N+](=O)[O-])c2Cl)C1C. The zero-order valence-electron chi connectivity index (χ0n) is 11.4. The monoisotopic (exact) mass is 296 g/mol. The summed E-state index contributed by atoms with van der Waals surface area (Å²) in [6, 6.07) is 4.38. The number of carbonyl (C=O) groups excluding carboxylic acids is 1. The molecule has 0 saturated heterocycles. The molecule has 1 aromatic carbocycles. The summed E-state index contributed by atoms with van der Waals surface area (Å²) in [7, 11) is 0. The van der Waals surface area contributed by atoms with Gasteiger partial charge in [0.25, 0.3) is 11.6 Å². The molecule has 3 unspecified atom stereocenters. The summed E-state index contributed by atoms with van der Waals surface area (Å²) < 4.78 is 0. The predicted molar refractivity (Wildman–Crippen MR) is 76.9 cm³/mol. The largest absolute Gasteiger partial charge is 0.349 e. The number of benzene rings is 1. The van der Waals surface area contributed by atoms with Crippen LogP contribution in [0.3, 0.4) is 0 Å². The smallest absolute Gasteiger partial charge is 0.288 e. The maximum absolute atomic E-state index is 12.2. The maximum Gasteiger partial charge on any atom is 0.288 e. The molecule has 5 nitrogen and oxygen atoms in total. The van der Waals surface area contributed by atoms with E-state index in [1.165, 1.54) is 18.2 Å². The molecule has 0 radical (unpaired) electrons. The van der Waals surface area contributed by atoms with Gasteiger partial charge in [-0.2, -0.15) is 0 Å². The van der Waals surface area contributed by atoms with Crippen LogP contribution >= 0.6 is 11.6 Å². The molecular formula is C14H17ClN2O3. The Morgan fingerprint density at radius 1 is 1.40 bits per heavy atom. The van der Waals surface area contributed by atoms with E-state index in [4.69, 9.17) is 11.6 Å². The molecule has 2 rings (SSSR count). The molecular weight excluding hydrogens is 280 g/mol. The molecule has 20 heavy (non-hydrogen) atoms. The number of nitrogens with zero attached hydrogens (tertiary/aromatic N) is 1. The highest BCUT2D eigenvalue weighted by Crippen LogP contribution is 2.32. The molecule has 1 amide bonds. The fourth-order valence-electron chi connectivity index (χ4n) is 2.65. The molecule has 3 atom stereocenters. The van der Waals surface area contributed by atoms with Gasteiger partial charge in [0.1, 0.15) is 5.02 Å². The molecule has 0 spiro atoms. The van der Waals surface area contributed by atoms with Crippen molar-refractivity contribution in [3.05, 3.63) is 38.9 Å². The molecule has 0 aromatic heterocycles. The van der Waals surface area contributed by atoms with Gasteiger partial charge in [-0.25, -0.2) is 0 Å². The molecule has 0 heterocycles. The van der Waals surface area contributed by atoms with E-state index in [-0.39, 0.29) is 28.2 Å². The summed E-state index contributed by atoms with van der Waals surface area (Å²) in [6.45, 7) is 4.27. The summed E-state index contributed by atoms with van der Waals surface area (Å²) >= 11 is 5.95. The van der Waals surface area contributed by atoms with E-state index in [1.54, 1.807) is 0 Å². The lowest BCUT2D eigenvalue weighted by Crippen LogP contribution is -2.37. The maximum atomic E-state index is 12.2. The van der Waals surface area contributed by atoms with Crippen molar-refractivity contribution < 1.29 is 9.72 Å². The molecule has 1 N–H and O–H groups in total. The van der Waals surface area contributed by atoms with Gasteiger partial charge in [-0.05, 0) is 30.7 Å². The van der Waals surface area contributed by atoms with Crippen molar-refractivity contribution in [2.75, 3.05) is 0 Å². The minimum absolute atomic E-state index is 0.103. The fourth-order valence-corrected chi connectivity index (χ4v) is 2.93. The first-order valence-corrected chi connectivity index (χ1v) is 7.03. The number of hydrogen-bond donors (Lipinski definition) is 1. The Labute approximate surface area is 122 Å². The van der Waals surface area contributed by atoms with E-state index in [0.29, 0.717) is 11.8 Å². The normalized spacial score (nSPS) is 25.4. The van der Waals surface area contributed by atoms with Gasteiger partial charge in [0.05, 0.1) is 10.5 Å². The second-order valence-corrected chi connectivity index (χ2v) is 5.77. The van der Waals surface area contributed by atoms with Gasteiger partial charge in [-0.1, -0.05) is 31.5 Å². The number of rotatable bonds is 3. The first-order valence-electron chi connectivity index (χ1n) is 6.65. The summed E-state index contributed by atoms with van der Waals surface area (Å²) in [5, 5.41) is 13.7. The summed E-state index contributed by atoms with van der Waals surface area (Å²) in [4.78, 5) is 22.5. The summed E-state index contributed by atoms with van der Waals surface area (Å²) in [5.41, 5.74) is -0.0835. The number of hydrogen-bond acceptors (Lipinski definition) is 3. The Morgan fingerprint density at radius 2 is 2.10 bits per heavy atom. The van der Waals surface area contributed by atoms with Crippen LogP contribution in [0, 0.1) is 22.0 Å². The van der Waals surface area contributed by atoms with Gasteiger partial charge >= 0.3 is 0 Å². The summed E-state index contributed by atoms with van der Waals surface area (Å²) in [5.74, 6) is 0.627. The van der Waals surface area contributed by atoms with Crippen LogP contribution < -0.4 is 5.32 Å². The Kier molecular flexibility index (Phi) is 4.28. The third-order valence-electron chi connectivity index (χ3n) is 4.20. The van der Waals surface area contributed by atoms with Crippen molar-refractivity contribution in [3.63, 3.8) is 0 Å². The summed E-state index contributed by atoms with van der Waals surface area (Å²) in [6.07, 6.45) is 2.01. The van der Waals surface area contributed by atoms with E-state index < -0.39 is 4.92 Å². The van der Waals surface area contributed by atoms with E-state index >= 15 is 0 Å². The average Bonchev–Trinajstić information content (AvgIpc) is 2.70. The van der Waals surface area contributed by atoms with Crippen molar-refractivity contribution in [2.24, 2.45) is 11.8 Å². The number of nitro benzene ring substituents is 1. The van der Waals surface area contributed by atoms with Crippen molar-refractivity contribution in [2.45, 2.75) is 32.7 Å². The molecule has 1 aromatic rings. The highest BCUT2D eigenvalue weighted by atomic mass is 35.5. The zero-order chi connectivity index (χ0) is 14.9. The van der Waals surface area contributed by atoms with E-state index in [9.17, 15) is 14.9 Å². The lowest BCUT2D eigenvalue weighted by molar-refractivity contribution is -0.384. The topological polar surface area (TPSA) is 72.2 Å². The van der Waals surface area contributed by atoms with Crippen molar-refractivity contribution in [3.8, 4) is 0 Å². The van der Waals surface area contributed by atoms with Crippen LogP contribution in [0.5, 0.6) is 0 Å². The Morgan fingerprint density at radius 3 is 2.65 bits per heavy atom. The molecule has 1 aliphatic carbocycles. The first-order chi connectivity index (χ1) is 9.41. The molecule has 0 aliphatic heterocycles. The number of nitrogens with one attached hydrogen (secondary N) is 1. The molecule has 0 bridgehead atoms. The molecule has 1 fully saturated rings. The lowest BCUT2D eigenvalue weighted by Gasteiger charge is -2.19. The average molecular weight is 297 g/mol. The zero-order valence-corrected chi connectivity index (χ0v) is 12.2. The van der Waals surface area contributed by atoms with Gasteiger partial charge in [0.15, 0.2) is 0 Å². The minimum atomic E-state index is -0.584. The Balaban J connectivity index is 2.18. The molecule has 1 aliphatic rings. The number of nitro groups is 1. The molecule has 1 saturated carbocycles. The van der Waals surface area contributed by atoms with Crippen LogP contribution in [0.4, 0.5) is 5.69 Å². The van der Waals surface area contributed by atoms with Gasteiger partial charge < -0.3 is 5.32 Å². The van der Waals surface area contributed by atoms with Gasteiger partial charge in [-0.15, -0.1) is 0 Å². The number of carbonyl (C=O) groups is 1. The van der Waals surface area contributed by atoms with E-state index in [2.05, 4.69) is 19.2 Å². The predicted octanol–water partition coefficient (Wildman–Crippen LogP) is 3.41. The lowest BCUT2D eigenvalue weighted by atomic mass is 9.97. The standard InChI is InChI=1S/C14H17ClN2O3/c1-8-6-7-11(9(8)2)16-14(18)10-4-3-5-12(13(10)15)17(19)20/h3-5,8-9,11H,6-7H2,1-2H3,(H,16,18). The van der Waals surface area contributed by atoms with Gasteiger partial charge in [-0.3, -0.25) is 14.9 Å². The minimum Gasteiger partial charge on any atom is -0.349 e. The van der Waals surface area contributed by atoms with Crippen LogP contribution in [0.15, 0.2) is 18.2 Å². The Hall–Kier alpha value is -1.62. The van der Waals surface area contributed by atoms with Crippen molar-refractivity contribution in [1.82, 2.24) is 5.32 Å². The van der Waals surface area contributed by atoms with E-state index in [1.807, 2.05) is 0 Å². The van der Waals surface area contributed by atoms with Gasteiger partial charge in [0.2, 0.25) is 0 Å². The highest BCUT2D eigenvalue weighted by molar-refractivity contribution is 6.35. The van der Waals surface area contributed by atoms with E-state index in [0.717, 1.165) is 12.8 Å². The van der Waals surface area contributed by atoms with Crippen LogP contribution in [-0.2, 0) is 0 Å². The van der Waals surface area contributed by atoms with Crippen LogP contribution in [-0.4, -0.2) is 16.9 Å². The Bertz CT molecular complexity index is 547. The van der Waals surface area contributed by atoms with Gasteiger partial charge in [0, 0.05) is 12.1 Å². The number of amides is 1.